The van der Waals surface area contributed by atoms with E-state index in [-0.39, 0.29) is 35.0 Å². The third-order valence-electron chi connectivity index (χ3n) is 5.31. The Morgan fingerprint density at radius 2 is 2.05 bits per heavy atom. The molecule has 198 valence electrons. The highest BCUT2D eigenvalue weighted by molar-refractivity contribution is 9.10. The minimum absolute atomic E-state index is 0.000317. The standard InChI is InChI=1S/C26H19BrClFN6O4/c1-14-23(27)19(12-37-2)17(9-30)24(33-14)38-13-22(36)35-32-10-18-16-6-4-3-5-15(16)7-8-21(18)39-25-20(29)11-31-26(28)34-25/h3-8,10-11H,12-13H2,1-2H3,(H,35,36)/b32-10-. The largest absolute Gasteiger partial charge is 0.467 e. The van der Waals surface area contributed by atoms with Gasteiger partial charge in [-0.3, -0.25) is 4.79 Å². The number of hydrogen-bond donors (Lipinski definition) is 1. The summed E-state index contributed by atoms with van der Waals surface area (Å²) in [7, 11) is 1.50. The highest BCUT2D eigenvalue weighted by Crippen LogP contribution is 2.32. The summed E-state index contributed by atoms with van der Waals surface area (Å²) in [6, 6.07) is 12.8. The number of hydrogen-bond acceptors (Lipinski definition) is 9. The zero-order chi connectivity index (χ0) is 27.9. The van der Waals surface area contributed by atoms with Crippen LogP contribution in [-0.2, 0) is 16.1 Å². The van der Waals surface area contributed by atoms with E-state index in [1.165, 1.54) is 13.3 Å². The van der Waals surface area contributed by atoms with Crippen LogP contribution in [-0.4, -0.2) is 40.8 Å². The molecule has 0 radical (unpaired) electrons. The van der Waals surface area contributed by atoms with Crippen molar-refractivity contribution >= 4 is 50.4 Å². The second-order valence-corrected chi connectivity index (χ2v) is 9.02. The molecule has 0 bridgehead atoms. The summed E-state index contributed by atoms with van der Waals surface area (Å²) in [5.74, 6) is -1.56. The number of aryl methyl sites for hydroxylation is 1. The Labute approximate surface area is 235 Å². The summed E-state index contributed by atoms with van der Waals surface area (Å²) in [5.41, 5.74) is 4.10. The number of amides is 1. The van der Waals surface area contributed by atoms with Gasteiger partial charge in [-0.2, -0.15) is 19.7 Å². The van der Waals surface area contributed by atoms with E-state index in [2.05, 4.69) is 41.4 Å². The first-order valence-electron chi connectivity index (χ1n) is 11.2. The van der Waals surface area contributed by atoms with Crippen LogP contribution in [0.1, 0.15) is 22.4 Å². The van der Waals surface area contributed by atoms with E-state index in [9.17, 15) is 14.4 Å². The molecule has 2 aromatic heterocycles. The van der Waals surface area contributed by atoms with Gasteiger partial charge in [-0.25, -0.2) is 15.4 Å². The molecule has 0 unspecified atom stereocenters. The van der Waals surface area contributed by atoms with E-state index in [0.717, 1.165) is 17.0 Å². The van der Waals surface area contributed by atoms with Gasteiger partial charge >= 0.3 is 0 Å². The van der Waals surface area contributed by atoms with Crippen LogP contribution < -0.4 is 14.9 Å². The lowest BCUT2D eigenvalue weighted by Crippen LogP contribution is -2.25. The van der Waals surface area contributed by atoms with Crippen LogP contribution >= 0.6 is 27.5 Å². The summed E-state index contributed by atoms with van der Waals surface area (Å²) >= 11 is 9.19. The summed E-state index contributed by atoms with van der Waals surface area (Å²) < 4.78 is 31.2. The first-order chi connectivity index (χ1) is 18.8. The number of aromatic nitrogens is 3. The Hall–Kier alpha value is -4.18. The molecule has 0 spiro atoms. The van der Waals surface area contributed by atoms with Gasteiger partial charge < -0.3 is 14.2 Å². The molecule has 1 amide bonds. The van der Waals surface area contributed by atoms with E-state index in [4.69, 9.17) is 25.8 Å². The van der Waals surface area contributed by atoms with Crippen molar-refractivity contribution in [1.82, 2.24) is 20.4 Å². The maximum atomic E-state index is 14.2. The van der Waals surface area contributed by atoms with E-state index in [1.54, 1.807) is 19.1 Å². The average Bonchev–Trinajstić information content (AvgIpc) is 2.93. The molecule has 10 nitrogen and oxygen atoms in total. The summed E-state index contributed by atoms with van der Waals surface area (Å²) in [6.07, 6.45) is 2.26. The molecule has 2 heterocycles. The third-order valence-corrected chi connectivity index (χ3v) is 6.55. The highest BCUT2D eigenvalue weighted by Gasteiger charge is 2.19. The molecule has 0 aliphatic heterocycles. The molecular weight excluding hydrogens is 595 g/mol. The first kappa shape index (κ1) is 27.8. The van der Waals surface area contributed by atoms with E-state index >= 15 is 0 Å². The fraction of sp³-hybridized carbons (Fsp3) is 0.154. The maximum absolute atomic E-state index is 14.2. The van der Waals surface area contributed by atoms with Crippen molar-refractivity contribution < 1.29 is 23.4 Å². The van der Waals surface area contributed by atoms with Crippen LogP contribution in [0.2, 0.25) is 5.28 Å². The minimum atomic E-state index is -0.803. The molecule has 39 heavy (non-hydrogen) atoms. The van der Waals surface area contributed by atoms with Crippen LogP contribution in [0, 0.1) is 24.1 Å². The predicted molar refractivity (Wildman–Crippen MR) is 144 cm³/mol. The van der Waals surface area contributed by atoms with Crippen molar-refractivity contribution in [1.29, 1.82) is 5.26 Å². The molecule has 1 N–H and O–H groups in total. The Morgan fingerprint density at radius 1 is 1.26 bits per heavy atom. The number of halogens is 3. The summed E-state index contributed by atoms with van der Waals surface area (Å²) in [6.45, 7) is 1.42. The number of ether oxygens (including phenoxy) is 3. The van der Waals surface area contributed by atoms with Crippen molar-refractivity contribution in [3.05, 3.63) is 80.6 Å². The molecule has 4 aromatic rings. The van der Waals surface area contributed by atoms with Crippen LogP contribution in [0.15, 0.2) is 52.2 Å². The molecular formula is C26H19BrClFN6O4. The van der Waals surface area contributed by atoms with Gasteiger partial charge in [-0.15, -0.1) is 0 Å². The Kier molecular flexibility index (Phi) is 8.98. The van der Waals surface area contributed by atoms with Gasteiger partial charge in [0, 0.05) is 22.7 Å². The third kappa shape index (κ3) is 6.46. The van der Waals surface area contributed by atoms with Gasteiger partial charge in [-0.05, 0) is 51.3 Å². The number of nitriles is 1. The normalized spacial score (nSPS) is 11.0. The topological polar surface area (TPSA) is 132 Å². The molecule has 2 aromatic carbocycles. The summed E-state index contributed by atoms with van der Waals surface area (Å²) in [4.78, 5) is 24.1. The van der Waals surface area contributed by atoms with Gasteiger partial charge in [0.2, 0.25) is 17.0 Å². The van der Waals surface area contributed by atoms with Gasteiger partial charge in [0.05, 0.1) is 24.7 Å². The number of benzene rings is 2. The molecule has 0 saturated heterocycles. The smallest absolute Gasteiger partial charge is 0.278 e. The van der Waals surface area contributed by atoms with E-state index in [0.29, 0.717) is 21.3 Å². The number of rotatable bonds is 9. The number of methoxy groups -OCH3 is 1. The van der Waals surface area contributed by atoms with Crippen LogP contribution in [0.3, 0.4) is 0 Å². The number of pyridine rings is 1. The maximum Gasteiger partial charge on any atom is 0.278 e. The average molecular weight is 614 g/mol. The molecule has 13 heteroatoms. The SMILES string of the molecule is COCc1c(Br)c(C)nc(OCC(=O)N/N=C\c2c(Oc3nc(Cl)ncc3F)ccc3ccccc23)c1C#N. The number of carbonyl (C=O) groups excluding carboxylic acids is 1. The minimum Gasteiger partial charge on any atom is -0.467 e. The predicted octanol–water partition coefficient (Wildman–Crippen LogP) is 5.23. The fourth-order valence-corrected chi connectivity index (χ4v) is 4.08. The quantitative estimate of drug-likeness (QED) is 0.154. The Bertz CT molecular complexity index is 1630. The molecule has 4 rings (SSSR count). The number of hydrazone groups is 1. The lowest BCUT2D eigenvalue weighted by molar-refractivity contribution is -0.123. The summed E-state index contributed by atoms with van der Waals surface area (Å²) in [5, 5.41) is 15.0. The lowest BCUT2D eigenvalue weighted by Gasteiger charge is -2.13. The fourth-order valence-electron chi connectivity index (χ4n) is 3.55. The van der Waals surface area contributed by atoms with Gasteiger partial charge in [-0.1, -0.05) is 30.3 Å². The van der Waals surface area contributed by atoms with Crippen molar-refractivity contribution in [2.24, 2.45) is 5.10 Å². The molecule has 0 fully saturated rings. The van der Waals surface area contributed by atoms with Crippen LogP contribution in [0.4, 0.5) is 4.39 Å². The van der Waals surface area contributed by atoms with Crippen molar-refractivity contribution in [2.45, 2.75) is 13.5 Å². The zero-order valence-electron chi connectivity index (χ0n) is 20.5. The van der Waals surface area contributed by atoms with Gasteiger partial charge in [0.1, 0.15) is 17.4 Å². The lowest BCUT2D eigenvalue weighted by atomic mass is 10.0. The number of nitrogens with one attached hydrogen (secondary N) is 1. The second kappa shape index (κ2) is 12.6. The number of fused-ring (bicyclic) bond motifs is 1. The van der Waals surface area contributed by atoms with Crippen LogP contribution in [0.25, 0.3) is 10.8 Å². The molecule has 0 aliphatic rings. The monoisotopic (exact) mass is 612 g/mol. The zero-order valence-corrected chi connectivity index (χ0v) is 22.9. The van der Waals surface area contributed by atoms with E-state index < -0.39 is 18.3 Å². The van der Waals surface area contributed by atoms with Gasteiger partial charge in [0.25, 0.3) is 11.8 Å². The van der Waals surface area contributed by atoms with Gasteiger partial charge in [0.15, 0.2) is 6.61 Å². The van der Waals surface area contributed by atoms with Crippen molar-refractivity contribution in [2.75, 3.05) is 13.7 Å². The number of nitrogens with zero attached hydrogens (tertiary/aromatic N) is 5. The highest BCUT2D eigenvalue weighted by atomic mass is 79.9. The van der Waals surface area contributed by atoms with Crippen molar-refractivity contribution in [3.8, 4) is 23.6 Å². The van der Waals surface area contributed by atoms with E-state index in [1.807, 2.05) is 30.3 Å². The Morgan fingerprint density at radius 3 is 2.82 bits per heavy atom. The Balaban J connectivity index is 1.54. The first-order valence-corrected chi connectivity index (χ1v) is 12.4. The number of carbonyl (C=O) groups is 1. The molecule has 0 atom stereocenters. The van der Waals surface area contributed by atoms with Crippen molar-refractivity contribution in [3.63, 3.8) is 0 Å². The van der Waals surface area contributed by atoms with Crippen LogP contribution in [0.5, 0.6) is 17.5 Å². The molecule has 0 saturated carbocycles. The molecule has 0 aliphatic carbocycles. The second-order valence-electron chi connectivity index (χ2n) is 7.89.